The van der Waals surface area contributed by atoms with Crippen LogP contribution in [0.5, 0.6) is 0 Å². The van der Waals surface area contributed by atoms with Crippen LogP contribution < -0.4 is 5.32 Å². The van der Waals surface area contributed by atoms with Crippen LogP contribution in [-0.2, 0) is 14.3 Å². The molecule has 0 bridgehead atoms. The van der Waals surface area contributed by atoms with Crippen molar-refractivity contribution < 1.29 is 19.4 Å². The predicted molar refractivity (Wildman–Crippen MR) is 64.2 cm³/mol. The van der Waals surface area contributed by atoms with E-state index in [1.807, 2.05) is 0 Å². The van der Waals surface area contributed by atoms with Crippen LogP contribution in [0.25, 0.3) is 0 Å². The van der Waals surface area contributed by atoms with Gasteiger partial charge in [0.15, 0.2) is 0 Å². The molecule has 0 spiro atoms. The fourth-order valence-corrected chi connectivity index (χ4v) is 2.57. The van der Waals surface area contributed by atoms with Crippen molar-refractivity contribution in [2.45, 2.75) is 37.8 Å². The van der Waals surface area contributed by atoms with Gasteiger partial charge in [0, 0.05) is 25.6 Å². The van der Waals surface area contributed by atoms with Gasteiger partial charge in [0.2, 0.25) is 5.91 Å². The summed E-state index contributed by atoms with van der Waals surface area (Å²) in [6, 6.07) is -0.626. The molecule has 0 aromatic carbocycles. The molecule has 6 heteroatoms. The molecule has 1 unspecified atom stereocenters. The summed E-state index contributed by atoms with van der Waals surface area (Å²) < 4.78 is 5.30. The molecule has 18 heavy (non-hydrogen) atoms. The molecule has 2 atom stereocenters. The smallest absolute Gasteiger partial charge is 0.326 e. The quantitative estimate of drug-likeness (QED) is 0.733. The molecule has 0 aromatic heterocycles. The zero-order valence-electron chi connectivity index (χ0n) is 10.4. The molecule has 0 radical (unpaired) electrons. The number of carboxylic acid groups (broad SMARTS) is 1. The van der Waals surface area contributed by atoms with E-state index in [4.69, 9.17) is 9.84 Å². The van der Waals surface area contributed by atoms with Crippen LogP contribution in [0, 0.1) is 0 Å². The Hall–Kier alpha value is -1.14. The van der Waals surface area contributed by atoms with E-state index in [0.29, 0.717) is 32.6 Å². The van der Waals surface area contributed by atoms with Crippen LogP contribution >= 0.6 is 0 Å². The number of nitrogens with zero attached hydrogens (tertiary/aromatic N) is 1. The highest BCUT2D eigenvalue weighted by Crippen LogP contribution is 2.18. The second kappa shape index (κ2) is 6.15. The number of hydrogen-bond donors (Lipinski definition) is 2. The van der Waals surface area contributed by atoms with E-state index >= 15 is 0 Å². The van der Waals surface area contributed by atoms with Gasteiger partial charge in [-0.05, 0) is 19.3 Å². The lowest BCUT2D eigenvalue weighted by atomic mass is 10.0. The number of nitrogens with one attached hydrogen (secondary N) is 1. The number of rotatable bonds is 3. The van der Waals surface area contributed by atoms with E-state index < -0.39 is 12.0 Å². The highest BCUT2D eigenvalue weighted by molar-refractivity contribution is 5.84. The lowest BCUT2D eigenvalue weighted by Crippen LogP contribution is -2.51. The second-order valence-corrected chi connectivity index (χ2v) is 4.87. The van der Waals surface area contributed by atoms with Crippen molar-refractivity contribution in [3.05, 3.63) is 0 Å². The number of carbonyl (C=O) groups excluding carboxylic acids is 1. The van der Waals surface area contributed by atoms with Crippen molar-refractivity contribution in [1.29, 1.82) is 0 Å². The minimum atomic E-state index is -0.893. The highest BCUT2D eigenvalue weighted by Gasteiger charge is 2.32. The number of aliphatic carboxylic acids is 1. The second-order valence-electron chi connectivity index (χ2n) is 4.87. The van der Waals surface area contributed by atoms with Gasteiger partial charge in [-0.2, -0.15) is 0 Å². The summed E-state index contributed by atoms with van der Waals surface area (Å²) in [7, 11) is 0. The van der Waals surface area contributed by atoms with E-state index in [0.717, 1.165) is 19.4 Å². The van der Waals surface area contributed by atoms with Crippen LogP contribution in [0.1, 0.15) is 25.7 Å². The third-order valence-corrected chi connectivity index (χ3v) is 3.53. The molecule has 2 rings (SSSR count). The third kappa shape index (κ3) is 3.20. The van der Waals surface area contributed by atoms with Crippen molar-refractivity contribution in [3.8, 4) is 0 Å². The Labute approximate surface area is 106 Å². The van der Waals surface area contributed by atoms with Crippen LogP contribution in [0.15, 0.2) is 0 Å². The Bertz CT molecular complexity index is 315. The minimum absolute atomic E-state index is 0.0163. The standard InChI is InChI=1S/C12H20N2O4/c15-11(7-9-8-18-6-4-13-9)14-5-2-1-3-10(14)12(16)17/h9-10,13H,1-8H2,(H,16,17)/t9?,10-/m1/s1. The first-order valence-electron chi connectivity index (χ1n) is 6.52. The van der Waals surface area contributed by atoms with Gasteiger partial charge in [0.05, 0.1) is 13.2 Å². The van der Waals surface area contributed by atoms with Gasteiger partial charge >= 0.3 is 5.97 Å². The molecular weight excluding hydrogens is 236 g/mol. The summed E-state index contributed by atoms with van der Waals surface area (Å²) in [5.74, 6) is -0.971. The summed E-state index contributed by atoms with van der Waals surface area (Å²) in [6.45, 7) is 2.51. The Morgan fingerprint density at radius 2 is 2.22 bits per heavy atom. The SMILES string of the molecule is O=C(O)[C@H]1CCCCN1C(=O)CC1COCCN1. The van der Waals surface area contributed by atoms with Crippen molar-refractivity contribution >= 4 is 11.9 Å². The number of hydrogen-bond acceptors (Lipinski definition) is 4. The van der Waals surface area contributed by atoms with Gasteiger partial charge in [-0.1, -0.05) is 0 Å². The number of ether oxygens (including phenoxy) is 1. The predicted octanol–water partition coefficient (Wildman–Crippen LogP) is -0.169. The lowest BCUT2D eigenvalue weighted by molar-refractivity contribution is -0.152. The molecular formula is C12H20N2O4. The molecule has 2 saturated heterocycles. The molecule has 2 fully saturated rings. The number of carboxylic acids is 1. The Morgan fingerprint density at radius 1 is 1.39 bits per heavy atom. The average molecular weight is 256 g/mol. The molecule has 2 aliphatic rings. The summed E-state index contributed by atoms with van der Waals surface area (Å²) in [4.78, 5) is 24.8. The van der Waals surface area contributed by atoms with E-state index in [2.05, 4.69) is 5.32 Å². The molecule has 2 N–H and O–H groups in total. The van der Waals surface area contributed by atoms with E-state index in [9.17, 15) is 9.59 Å². The molecule has 0 aromatic rings. The van der Waals surface area contributed by atoms with Gasteiger partial charge < -0.3 is 20.1 Å². The molecule has 102 valence electrons. The lowest BCUT2D eigenvalue weighted by Gasteiger charge is -2.34. The van der Waals surface area contributed by atoms with Gasteiger partial charge in [0.1, 0.15) is 6.04 Å². The molecule has 2 aliphatic heterocycles. The fraction of sp³-hybridized carbons (Fsp3) is 0.833. The van der Waals surface area contributed by atoms with Crippen molar-refractivity contribution in [2.75, 3.05) is 26.3 Å². The van der Waals surface area contributed by atoms with Crippen LogP contribution in [0.4, 0.5) is 0 Å². The maximum Gasteiger partial charge on any atom is 0.326 e. The Morgan fingerprint density at radius 3 is 2.89 bits per heavy atom. The largest absolute Gasteiger partial charge is 0.480 e. The minimum Gasteiger partial charge on any atom is -0.480 e. The van der Waals surface area contributed by atoms with Gasteiger partial charge in [0.25, 0.3) is 0 Å². The van der Waals surface area contributed by atoms with Crippen LogP contribution in [0.2, 0.25) is 0 Å². The van der Waals surface area contributed by atoms with Crippen LogP contribution in [-0.4, -0.2) is 60.3 Å². The first kappa shape index (κ1) is 13.3. The zero-order valence-corrected chi connectivity index (χ0v) is 10.4. The molecule has 1 amide bonds. The molecule has 2 heterocycles. The Kier molecular flexibility index (Phi) is 4.54. The first-order valence-corrected chi connectivity index (χ1v) is 6.52. The first-order chi connectivity index (χ1) is 8.68. The highest BCUT2D eigenvalue weighted by atomic mass is 16.5. The maximum atomic E-state index is 12.1. The summed E-state index contributed by atoms with van der Waals surface area (Å²) in [5, 5.41) is 12.3. The van der Waals surface area contributed by atoms with E-state index in [-0.39, 0.29) is 11.9 Å². The van der Waals surface area contributed by atoms with Crippen molar-refractivity contribution in [1.82, 2.24) is 10.2 Å². The summed E-state index contributed by atoms with van der Waals surface area (Å²) >= 11 is 0. The van der Waals surface area contributed by atoms with Crippen molar-refractivity contribution in [2.24, 2.45) is 0 Å². The Balaban J connectivity index is 1.91. The van der Waals surface area contributed by atoms with Crippen LogP contribution in [0.3, 0.4) is 0 Å². The average Bonchev–Trinajstić information content (AvgIpc) is 2.40. The van der Waals surface area contributed by atoms with Crippen molar-refractivity contribution in [3.63, 3.8) is 0 Å². The normalized spacial score (nSPS) is 29.0. The van der Waals surface area contributed by atoms with Gasteiger partial charge in [-0.25, -0.2) is 4.79 Å². The number of carbonyl (C=O) groups is 2. The van der Waals surface area contributed by atoms with E-state index in [1.165, 1.54) is 4.90 Å². The fourth-order valence-electron chi connectivity index (χ4n) is 2.57. The number of amides is 1. The van der Waals surface area contributed by atoms with Gasteiger partial charge in [-0.3, -0.25) is 4.79 Å². The summed E-state index contributed by atoms with van der Waals surface area (Å²) in [5.41, 5.74) is 0. The number of piperidine rings is 1. The molecule has 0 aliphatic carbocycles. The molecule has 6 nitrogen and oxygen atoms in total. The monoisotopic (exact) mass is 256 g/mol. The van der Waals surface area contributed by atoms with Gasteiger partial charge in [-0.15, -0.1) is 0 Å². The number of morpholine rings is 1. The zero-order chi connectivity index (χ0) is 13.0. The number of likely N-dealkylation sites (tertiary alicyclic amines) is 1. The van der Waals surface area contributed by atoms with E-state index in [1.54, 1.807) is 0 Å². The summed E-state index contributed by atoms with van der Waals surface area (Å²) in [6.07, 6.45) is 2.66. The maximum absolute atomic E-state index is 12.1. The third-order valence-electron chi connectivity index (χ3n) is 3.53. The molecule has 0 saturated carbocycles. The topological polar surface area (TPSA) is 78.9 Å².